The van der Waals surface area contributed by atoms with Gasteiger partial charge in [-0.25, -0.2) is 0 Å². The van der Waals surface area contributed by atoms with E-state index in [2.05, 4.69) is 0 Å². The van der Waals surface area contributed by atoms with Crippen LogP contribution < -0.4 is 19.1 Å². The lowest BCUT2D eigenvalue weighted by Crippen LogP contribution is -2.28. The fourth-order valence-electron chi connectivity index (χ4n) is 3.29. The Morgan fingerprint density at radius 3 is 2.06 bits per heavy atom. The molecule has 1 amide bonds. The third kappa shape index (κ3) is 5.56. The first-order chi connectivity index (χ1) is 16.0. The maximum Gasteiger partial charge on any atom is 0.270 e. The summed E-state index contributed by atoms with van der Waals surface area (Å²) in [4.78, 5) is 15.2. The first-order valence-electron chi connectivity index (χ1n) is 10.4. The Bertz CT molecular complexity index is 1170. The number of rotatable bonds is 8. The summed E-state index contributed by atoms with van der Waals surface area (Å²) in [6.45, 7) is 2.81. The van der Waals surface area contributed by atoms with Crippen molar-refractivity contribution in [3.8, 4) is 17.2 Å². The molecule has 168 valence electrons. The molecule has 1 saturated heterocycles. The zero-order valence-electron chi connectivity index (χ0n) is 18.3. The number of carbonyl (C=O) groups excluding carboxylic acids is 1. The van der Waals surface area contributed by atoms with E-state index in [1.165, 1.54) is 11.8 Å². The third-order valence-electron chi connectivity index (χ3n) is 5.01. The molecule has 1 aliphatic heterocycles. The van der Waals surface area contributed by atoms with Gasteiger partial charge in [-0.3, -0.25) is 9.69 Å². The Labute approximate surface area is 203 Å². The van der Waals surface area contributed by atoms with Gasteiger partial charge in [0.05, 0.1) is 17.7 Å². The van der Waals surface area contributed by atoms with Gasteiger partial charge in [-0.05, 0) is 66.6 Å². The standard InChI is InChI=1S/C26H23NO4S2/c1-18-5-3-4-6-23(18)27-25(28)24(33-26(27)32)17-19-7-9-21(10-8-19)30-15-16-31-22-13-11-20(29-2)12-14-22/h3-14,17H,15-16H2,1-2H3. The number of amides is 1. The lowest BCUT2D eigenvalue weighted by atomic mass is 10.1. The van der Waals surface area contributed by atoms with Gasteiger partial charge in [-0.1, -0.05) is 54.3 Å². The van der Waals surface area contributed by atoms with Crippen molar-refractivity contribution in [3.05, 3.63) is 88.8 Å². The summed E-state index contributed by atoms with van der Waals surface area (Å²) >= 11 is 6.78. The SMILES string of the molecule is COc1ccc(OCCOc2ccc(C=C3SC(=S)N(c4ccccc4C)C3=O)cc2)cc1. The van der Waals surface area contributed by atoms with E-state index in [1.54, 1.807) is 12.0 Å². The minimum absolute atomic E-state index is 0.102. The van der Waals surface area contributed by atoms with E-state index in [0.717, 1.165) is 34.1 Å². The van der Waals surface area contributed by atoms with Crippen molar-refractivity contribution in [3.63, 3.8) is 0 Å². The van der Waals surface area contributed by atoms with Crippen molar-refractivity contribution < 1.29 is 19.0 Å². The first kappa shape index (κ1) is 22.9. The third-order valence-corrected chi connectivity index (χ3v) is 6.31. The van der Waals surface area contributed by atoms with Crippen molar-refractivity contribution in [2.45, 2.75) is 6.92 Å². The number of anilines is 1. The minimum atomic E-state index is -0.102. The number of hydrogen-bond donors (Lipinski definition) is 0. The number of aryl methyl sites for hydroxylation is 1. The van der Waals surface area contributed by atoms with Crippen LogP contribution in [0.1, 0.15) is 11.1 Å². The lowest BCUT2D eigenvalue weighted by Gasteiger charge is -2.16. The van der Waals surface area contributed by atoms with E-state index >= 15 is 0 Å². The summed E-state index contributed by atoms with van der Waals surface area (Å²) in [5.41, 5.74) is 2.73. The van der Waals surface area contributed by atoms with Crippen molar-refractivity contribution in [1.82, 2.24) is 0 Å². The summed E-state index contributed by atoms with van der Waals surface area (Å²) in [5.74, 6) is 2.18. The van der Waals surface area contributed by atoms with E-state index in [-0.39, 0.29) is 5.91 Å². The second kappa shape index (κ2) is 10.6. The van der Waals surface area contributed by atoms with Gasteiger partial charge in [0.1, 0.15) is 30.5 Å². The number of methoxy groups -OCH3 is 1. The van der Waals surface area contributed by atoms with E-state index in [1.807, 2.05) is 85.8 Å². The summed E-state index contributed by atoms with van der Waals surface area (Å²) in [6.07, 6.45) is 1.86. The Morgan fingerprint density at radius 1 is 0.879 bits per heavy atom. The van der Waals surface area contributed by atoms with E-state index in [4.69, 9.17) is 26.4 Å². The minimum Gasteiger partial charge on any atom is -0.497 e. The first-order valence-corrected chi connectivity index (χ1v) is 11.6. The van der Waals surface area contributed by atoms with Gasteiger partial charge in [-0.15, -0.1) is 0 Å². The number of para-hydroxylation sites is 1. The second-order valence-corrected chi connectivity index (χ2v) is 8.92. The Morgan fingerprint density at radius 2 is 1.45 bits per heavy atom. The number of thioether (sulfide) groups is 1. The van der Waals surface area contributed by atoms with Crippen LogP contribution in [-0.4, -0.2) is 30.6 Å². The summed E-state index contributed by atoms with van der Waals surface area (Å²) in [5, 5.41) is 0. The van der Waals surface area contributed by atoms with Crippen LogP contribution in [0.4, 0.5) is 5.69 Å². The molecule has 3 aromatic rings. The summed E-state index contributed by atoms with van der Waals surface area (Å²) in [6, 6.07) is 22.7. The molecule has 3 aromatic carbocycles. The van der Waals surface area contributed by atoms with Gasteiger partial charge < -0.3 is 14.2 Å². The van der Waals surface area contributed by atoms with Crippen LogP contribution in [0, 0.1) is 6.92 Å². The summed E-state index contributed by atoms with van der Waals surface area (Å²) in [7, 11) is 1.63. The molecule has 1 heterocycles. The van der Waals surface area contributed by atoms with Crippen molar-refractivity contribution in [2.24, 2.45) is 0 Å². The predicted molar refractivity (Wildman–Crippen MR) is 137 cm³/mol. The molecule has 0 aliphatic carbocycles. The smallest absolute Gasteiger partial charge is 0.270 e. The normalized spacial score (nSPS) is 14.6. The fourth-order valence-corrected chi connectivity index (χ4v) is 4.58. The molecule has 7 heteroatoms. The number of thiocarbonyl (C=S) groups is 1. The highest BCUT2D eigenvalue weighted by Crippen LogP contribution is 2.37. The van der Waals surface area contributed by atoms with Crippen molar-refractivity contribution >= 4 is 46.0 Å². The van der Waals surface area contributed by atoms with E-state index < -0.39 is 0 Å². The molecular weight excluding hydrogens is 454 g/mol. The zero-order chi connectivity index (χ0) is 23.2. The number of ether oxygens (including phenoxy) is 3. The summed E-state index contributed by atoms with van der Waals surface area (Å²) < 4.78 is 17.1. The molecule has 0 N–H and O–H groups in total. The molecule has 0 radical (unpaired) electrons. The van der Waals surface area contributed by atoms with Gasteiger partial charge in [0.15, 0.2) is 4.32 Å². The van der Waals surface area contributed by atoms with Crippen LogP contribution in [0.2, 0.25) is 0 Å². The Hall–Kier alpha value is -3.29. The lowest BCUT2D eigenvalue weighted by molar-refractivity contribution is -0.113. The molecule has 1 aliphatic rings. The van der Waals surface area contributed by atoms with Gasteiger partial charge in [0.25, 0.3) is 5.91 Å². The molecule has 1 fully saturated rings. The zero-order valence-corrected chi connectivity index (χ0v) is 19.9. The van der Waals surface area contributed by atoms with Crippen LogP contribution in [-0.2, 0) is 4.79 Å². The van der Waals surface area contributed by atoms with Crippen LogP contribution in [0.15, 0.2) is 77.7 Å². The molecule has 4 rings (SSSR count). The quantitative estimate of drug-likeness (QED) is 0.230. The van der Waals surface area contributed by atoms with Crippen LogP contribution in [0.3, 0.4) is 0 Å². The van der Waals surface area contributed by atoms with Gasteiger partial charge in [-0.2, -0.15) is 0 Å². The topological polar surface area (TPSA) is 48.0 Å². The monoisotopic (exact) mass is 477 g/mol. The highest BCUT2D eigenvalue weighted by atomic mass is 32.2. The number of nitrogens with zero attached hydrogens (tertiary/aromatic N) is 1. The highest BCUT2D eigenvalue weighted by Gasteiger charge is 2.33. The molecule has 0 aromatic heterocycles. The maximum atomic E-state index is 13.0. The molecule has 0 bridgehead atoms. The second-order valence-electron chi connectivity index (χ2n) is 7.25. The van der Waals surface area contributed by atoms with Crippen LogP contribution in [0.25, 0.3) is 6.08 Å². The maximum absolute atomic E-state index is 13.0. The van der Waals surface area contributed by atoms with Crippen LogP contribution in [0.5, 0.6) is 17.2 Å². The van der Waals surface area contributed by atoms with Gasteiger partial charge in [0.2, 0.25) is 0 Å². The molecule has 0 spiro atoms. The average molecular weight is 478 g/mol. The average Bonchev–Trinajstić information content (AvgIpc) is 3.11. The molecular formula is C26H23NO4S2. The predicted octanol–water partition coefficient (Wildman–Crippen LogP) is 5.87. The van der Waals surface area contributed by atoms with Crippen molar-refractivity contribution in [2.75, 3.05) is 25.2 Å². The number of benzene rings is 3. The van der Waals surface area contributed by atoms with Gasteiger partial charge in [0, 0.05) is 0 Å². The molecule has 33 heavy (non-hydrogen) atoms. The Kier molecular flexibility index (Phi) is 7.32. The van der Waals surface area contributed by atoms with Crippen LogP contribution >= 0.6 is 24.0 Å². The molecule has 0 atom stereocenters. The largest absolute Gasteiger partial charge is 0.497 e. The molecule has 0 unspecified atom stereocenters. The highest BCUT2D eigenvalue weighted by molar-refractivity contribution is 8.27. The van der Waals surface area contributed by atoms with Gasteiger partial charge >= 0.3 is 0 Å². The molecule has 5 nitrogen and oxygen atoms in total. The molecule has 0 saturated carbocycles. The van der Waals surface area contributed by atoms with Crippen molar-refractivity contribution in [1.29, 1.82) is 0 Å². The van der Waals surface area contributed by atoms with E-state index in [0.29, 0.717) is 22.4 Å². The fraction of sp³-hybridized carbons (Fsp3) is 0.154. The number of hydrogen-bond acceptors (Lipinski definition) is 6. The number of carbonyl (C=O) groups is 1. The van der Waals surface area contributed by atoms with E-state index in [9.17, 15) is 4.79 Å². The Balaban J connectivity index is 1.33.